The van der Waals surface area contributed by atoms with E-state index in [0.717, 1.165) is 44.5 Å². The molecule has 4 aromatic rings. The fourth-order valence-corrected chi connectivity index (χ4v) is 7.58. The van der Waals surface area contributed by atoms with E-state index in [2.05, 4.69) is 19.9 Å². The highest BCUT2D eigenvalue weighted by Gasteiger charge is 2.32. The molecule has 2 aliphatic heterocycles. The summed E-state index contributed by atoms with van der Waals surface area (Å²) in [7, 11) is -2.50. The van der Waals surface area contributed by atoms with Crippen LogP contribution in [0.15, 0.2) is 53.6 Å². The highest BCUT2D eigenvalue weighted by Crippen LogP contribution is 2.41. The summed E-state index contributed by atoms with van der Waals surface area (Å²) < 4.78 is 55.9. The maximum atomic E-state index is 15.5. The summed E-state index contributed by atoms with van der Waals surface area (Å²) in [6, 6.07) is 11.1. The van der Waals surface area contributed by atoms with E-state index >= 15 is 4.39 Å². The molecule has 0 aliphatic carbocycles. The highest BCUT2D eigenvalue weighted by atomic mass is 35.5. The van der Waals surface area contributed by atoms with Crippen LogP contribution in [0.3, 0.4) is 0 Å². The van der Waals surface area contributed by atoms with Gasteiger partial charge in [0.1, 0.15) is 29.2 Å². The lowest BCUT2D eigenvalue weighted by Crippen LogP contribution is -2.40. The van der Waals surface area contributed by atoms with Crippen LogP contribution in [-0.2, 0) is 21.2 Å². The molecule has 3 aromatic carbocycles. The number of likely N-dealkylation sites (tertiary alicyclic amines) is 1. The van der Waals surface area contributed by atoms with Gasteiger partial charge in [-0.05, 0) is 66.8 Å². The Kier molecular flexibility index (Phi) is 9.12. The van der Waals surface area contributed by atoms with Crippen LogP contribution in [-0.4, -0.2) is 74.4 Å². The van der Waals surface area contributed by atoms with Gasteiger partial charge in [0.25, 0.3) is 10.0 Å². The van der Waals surface area contributed by atoms with Crippen molar-refractivity contribution in [2.24, 2.45) is 0 Å². The molecule has 1 unspecified atom stereocenters. The van der Waals surface area contributed by atoms with Crippen molar-refractivity contribution in [3.63, 3.8) is 0 Å². The molecule has 10 nitrogen and oxygen atoms in total. The lowest BCUT2D eigenvalue weighted by molar-refractivity contribution is 0.132. The second-order valence-corrected chi connectivity index (χ2v) is 13.4. The zero-order valence-electron chi connectivity index (χ0n) is 25.0. The van der Waals surface area contributed by atoms with Gasteiger partial charge in [-0.1, -0.05) is 24.6 Å². The van der Waals surface area contributed by atoms with Gasteiger partial charge in [-0.2, -0.15) is 0 Å². The molecule has 6 rings (SSSR count). The summed E-state index contributed by atoms with van der Waals surface area (Å²) in [5.41, 5.74) is 2.57. The van der Waals surface area contributed by atoms with E-state index in [1.54, 1.807) is 19.4 Å². The van der Waals surface area contributed by atoms with Crippen LogP contribution in [0.1, 0.15) is 37.0 Å². The van der Waals surface area contributed by atoms with Gasteiger partial charge in [0, 0.05) is 60.5 Å². The lowest BCUT2D eigenvalue weighted by Gasteiger charge is -2.32. The number of nitrogens with one attached hydrogen (secondary N) is 2. The predicted octanol–water partition coefficient (Wildman–Crippen LogP) is 5.40. The minimum absolute atomic E-state index is 0.0516. The first kappa shape index (κ1) is 31.4. The summed E-state index contributed by atoms with van der Waals surface area (Å²) in [5, 5.41) is 14.5. The van der Waals surface area contributed by atoms with Gasteiger partial charge in [0.2, 0.25) is 5.95 Å². The third-order valence-electron chi connectivity index (χ3n) is 8.34. The number of piperidine rings is 1. The van der Waals surface area contributed by atoms with Crippen LogP contribution < -0.4 is 14.8 Å². The first-order valence-electron chi connectivity index (χ1n) is 14.9. The average molecular weight is 656 g/mol. The third-order valence-corrected chi connectivity index (χ3v) is 9.93. The maximum absolute atomic E-state index is 15.5. The third kappa shape index (κ3) is 6.56. The summed E-state index contributed by atoms with van der Waals surface area (Å²) in [4.78, 5) is 11.4. The number of rotatable bonds is 10. The molecule has 0 bridgehead atoms. The number of aromatic nitrogens is 2. The predicted molar refractivity (Wildman–Crippen MR) is 172 cm³/mol. The van der Waals surface area contributed by atoms with Crippen molar-refractivity contribution in [1.29, 1.82) is 0 Å². The van der Waals surface area contributed by atoms with E-state index in [1.165, 1.54) is 24.3 Å². The average Bonchev–Trinajstić information content (AvgIpc) is 3.40. The summed E-state index contributed by atoms with van der Waals surface area (Å²) in [6.45, 7) is 5.38. The maximum Gasteiger partial charge on any atom is 0.265 e. The molecule has 1 saturated heterocycles. The monoisotopic (exact) mass is 655 g/mol. The molecule has 0 amide bonds. The van der Waals surface area contributed by atoms with Crippen molar-refractivity contribution in [3.8, 4) is 16.9 Å². The molecule has 2 aliphatic rings. The molecule has 0 saturated carbocycles. The quantitative estimate of drug-likeness (QED) is 0.206. The number of aliphatic hydroxyl groups is 1. The Bertz CT molecular complexity index is 1830. The van der Waals surface area contributed by atoms with Gasteiger partial charge in [-0.15, -0.1) is 0 Å². The Hall–Kier alpha value is -3.55. The molecular formula is C32H35ClFN5O5S. The molecule has 1 atom stereocenters. The Morgan fingerprint density at radius 2 is 1.98 bits per heavy atom. The lowest BCUT2D eigenvalue weighted by atomic mass is 9.95. The number of hydrogen-bond acceptors (Lipinski definition) is 9. The van der Waals surface area contributed by atoms with Crippen LogP contribution in [0, 0.1) is 5.82 Å². The SMILES string of the molecule is CCc1c(NS(=O)(=O)c2cc(Cl)cc3c2OCC3O)ccc(F)c1-c1ccc2nc(NC3CCN(CCOC)CC3)ncc2c1. The fourth-order valence-electron chi connectivity index (χ4n) is 6.00. The van der Waals surface area contributed by atoms with E-state index in [-0.39, 0.29) is 39.6 Å². The Morgan fingerprint density at radius 3 is 2.73 bits per heavy atom. The fraction of sp³-hybridized carbons (Fsp3) is 0.375. The van der Waals surface area contributed by atoms with E-state index in [9.17, 15) is 13.5 Å². The number of nitrogens with zero attached hydrogens (tertiary/aromatic N) is 3. The van der Waals surface area contributed by atoms with Gasteiger partial charge in [0.15, 0.2) is 0 Å². The number of sulfonamides is 1. The summed E-state index contributed by atoms with van der Waals surface area (Å²) >= 11 is 6.19. The van der Waals surface area contributed by atoms with Crippen molar-refractivity contribution in [1.82, 2.24) is 14.9 Å². The first-order valence-corrected chi connectivity index (χ1v) is 16.8. The highest BCUT2D eigenvalue weighted by molar-refractivity contribution is 7.92. The van der Waals surface area contributed by atoms with Crippen LogP contribution in [0.5, 0.6) is 5.75 Å². The number of ether oxygens (including phenoxy) is 2. The van der Waals surface area contributed by atoms with E-state index in [1.807, 2.05) is 19.1 Å². The van der Waals surface area contributed by atoms with Crippen LogP contribution in [0.4, 0.5) is 16.0 Å². The number of fused-ring (bicyclic) bond motifs is 2. The molecule has 13 heteroatoms. The van der Waals surface area contributed by atoms with Crippen molar-refractivity contribution in [2.75, 3.05) is 50.0 Å². The Labute approximate surface area is 266 Å². The minimum atomic E-state index is -4.22. The van der Waals surface area contributed by atoms with Crippen molar-refractivity contribution < 1.29 is 27.4 Å². The standard InChI is InChI=1S/C32H35ClFN5O5S/c1-3-23-27(38-45(41,42)29-16-21(33)15-24-28(40)18-44-31(24)29)7-5-25(34)30(23)19-4-6-26-20(14-19)17-35-32(37-26)36-22-8-10-39(11-9-22)12-13-43-2/h4-7,14-17,22,28,38,40H,3,8-13,18H2,1-2H3,(H,35,36,37). The van der Waals surface area contributed by atoms with Gasteiger partial charge < -0.3 is 24.8 Å². The summed E-state index contributed by atoms with van der Waals surface area (Å²) in [6.07, 6.45) is 3.04. The molecule has 0 spiro atoms. The Balaban J connectivity index is 1.25. The van der Waals surface area contributed by atoms with E-state index in [0.29, 0.717) is 34.6 Å². The second kappa shape index (κ2) is 13.1. The number of aliphatic hydroxyl groups excluding tert-OH is 1. The number of benzene rings is 3. The zero-order valence-corrected chi connectivity index (χ0v) is 26.6. The normalized spacial score (nSPS) is 17.3. The second-order valence-electron chi connectivity index (χ2n) is 11.3. The van der Waals surface area contributed by atoms with Crippen molar-refractivity contribution in [2.45, 2.75) is 43.2 Å². The van der Waals surface area contributed by atoms with Gasteiger partial charge in [-0.3, -0.25) is 4.72 Å². The van der Waals surface area contributed by atoms with Crippen LogP contribution in [0.25, 0.3) is 22.0 Å². The molecule has 1 fully saturated rings. The van der Waals surface area contributed by atoms with Crippen LogP contribution in [0.2, 0.25) is 5.02 Å². The molecule has 238 valence electrons. The molecule has 45 heavy (non-hydrogen) atoms. The smallest absolute Gasteiger partial charge is 0.265 e. The van der Waals surface area contributed by atoms with Crippen LogP contribution >= 0.6 is 11.6 Å². The van der Waals surface area contributed by atoms with Gasteiger partial charge in [0.05, 0.1) is 17.8 Å². The van der Waals surface area contributed by atoms with Gasteiger partial charge in [-0.25, -0.2) is 22.8 Å². The molecule has 3 N–H and O–H groups in total. The minimum Gasteiger partial charge on any atom is -0.489 e. The number of halogens is 2. The van der Waals surface area contributed by atoms with Gasteiger partial charge >= 0.3 is 0 Å². The molecule has 3 heterocycles. The van der Waals surface area contributed by atoms with Crippen molar-refractivity contribution >= 4 is 44.2 Å². The zero-order chi connectivity index (χ0) is 31.7. The topological polar surface area (TPSA) is 126 Å². The Morgan fingerprint density at radius 1 is 1.18 bits per heavy atom. The number of methoxy groups -OCH3 is 1. The number of hydrogen-bond donors (Lipinski definition) is 3. The largest absolute Gasteiger partial charge is 0.489 e. The first-order chi connectivity index (χ1) is 21.7. The molecular weight excluding hydrogens is 621 g/mol. The summed E-state index contributed by atoms with van der Waals surface area (Å²) in [5.74, 6) is 0.113. The number of anilines is 2. The molecule has 1 aromatic heterocycles. The van der Waals surface area contributed by atoms with E-state index in [4.69, 9.17) is 26.1 Å². The van der Waals surface area contributed by atoms with E-state index < -0.39 is 21.9 Å². The molecule has 0 radical (unpaired) electrons. The van der Waals surface area contributed by atoms with Crippen molar-refractivity contribution in [3.05, 3.63) is 70.6 Å².